The van der Waals surface area contributed by atoms with Gasteiger partial charge in [-0.3, -0.25) is 9.59 Å². The van der Waals surface area contributed by atoms with Crippen LogP contribution in [-0.2, 0) is 14.3 Å². The van der Waals surface area contributed by atoms with Crippen LogP contribution in [0.5, 0.6) is 0 Å². The molecule has 0 aliphatic carbocycles. The first-order chi connectivity index (χ1) is 42.5. The Bertz CT molecular complexity index is 1350. The Hall–Kier alpha value is -1.66. The van der Waals surface area contributed by atoms with Gasteiger partial charge in [-0.25, -0.2) is 0 Å². The third-order valence-electron chi connectivity index (χ3n) is 18.7. The summed E-state index contributed by atoms with van der Waals surface area (Å²) in [5, 5.41) is 23.2. The van der Waals surface area contributed by atoms with Gasteiger partial charge in [-0.15, -0.1) is 0 Å². The maximum atomic E-state index is 12.5. The van der Waals surface area contributed by atoms with Gasteiger partial charge in [0.05, 0.1) is 25.4 Å². The Balaban J connectivity index is 3.33. The number of carbonyl (C=O) groups excluding carboxylic acids is 2. The van der Waals surface area contributed by atoms with Crippen LogP contribution >= 0.6 is 0 Å². The molecule has 510 valence electrons. The van der Waals surface area contributed by atoms with E-state index in [0.717, 1.165) is 38.5 Å². The predicted molar refractivity (Wildman–Crippen MR) is 380 cm³/mol. The topological polar surface area (TPSA) is 95.9 Å². The zero-order valence-corrected chi connectivity index (χ0v) is 58.6. The summed E-state index contributed by atoms with van der Waals surface area (Å²) in [5.74, 6) is -0.0378. The van der Waals surface area contributed by atoms with Gasteiger partial charge in [0.15, 0.2) is 0 Å². The number of aliphatic hydroxyl groups is 2. The second kappa shape index (κ2) is 75.8. The van der Waals surface area contributed by atoms with Crippen molar-refractivity contribution in [3.8, 4) is 0 Å². The summed E-state index contributed by atoms with van der Waals surface area (Å²) in [4.78, 5) is 24.7. The number of allylic oxidation sites excluding steroid dienone is 3. The number of ether oxygens (including phenoxy) is 1. The molecule has 1 amide bonds. The molecule has 0 aromatic heterocycles. The second-order valence-corrected chi connectivity index (χ2v) is 27.4. The molecule has 86 heavy (non-hydrogen) atoms. The van der Waals surface area contributed by atoms with E-state index in [4.69, 9.17) is 4.74 Å². The lowest BCUT2D eigenvalue weighted by atomic mass is 10.0. The van der Waals surface area contributed by atoms with Crippen molar-refractivity contribution in [1.82, 2.24) is 5.32 Å². The van der Waals surface area contributed by atoms with E-state index in [2.05, 4.69) is 31.3 Å². The summed E-state index contributed by atoms with van der Waals surface area (Å²) in [6.45, 7) is 4.95. The van der Waals surface area contributed by atoms with Crippen molar-refractivity contribution < 1.29 is 24.5 Å². The third-order valence-corrected chi connectivity index (χ3v) is 18.7. The predicted octanol–water partition coefficient (Wildman–Crippen LogP) is 26.0. The highest BCUT2D eigenvalue weighted by Crippen LogP contribution is 2.20. The molecule has 6 heteroatoms. The van der Waals surface area contributed by atoms with E-state index in [0.29, 0.717) is 19.4 Å². The van der Waals surface area contributed by atoms with Gasteiger partial charge in [0.1, 0.15) is 0 Å². The number of carbonyl (C=O) groups is 2. The number of unbranched alkanes of at least 4 members (excludes halogenated alkanes) is 62. The molecule has 0 aromatic rings. The van der Waals surface area contributed by atoms with Crippen molar-refractivity contribution in [1.29, 1.82) is 0 Å². The average molecular weight is 1210 g/mol. The van der Waals surface area contributed by atoms with Crippen molar-refractivity contribution >= 4 is 11.9 Å². The van der Waals surface area contributed by atoms with Crippen molar-refractivity contribution in [3.05, 3.63) is 24.3 Å². The molecule has 0 spiro atoms. The van der Waals surface area contributed by atoms with Gasteiger partial charge < -0.3 is 20.3 Å². The molecule has 0 rings (SSSR count). The minimum Gasteiger partial charge on any atom is -0.466 e. The summed E-state index contributed by atoms with van der Waals surface area (Å²) < 4.78 is 5.52. The molecule has 2 unspecified atom stereocenters. The van der Waals surface area contributed by atoms with E-state index in [1.165, 1.54) is 385 Å². The van der Waals surface area contributed by atoms with Gasteiger partial charge in [-0.2, -0.15) is 0 Å². The summed E-state index contributed by atoms with van der Waals surface area (Å²) in [5.41, 5.74) is 0. The largest absolute Gasteiger partial charge is 0.466 e. The van der Waals surface area contributed by atoms with Gasteiger partial charge in [-0.1, -0.05) is 404 Å². The van der Waals surface area contributed by atoms with E-state index in [-0.39, 0.29) is 18.5 Å². The lowest BCUT2D eigenvalue weighted by Gasteiger charge is -2.20. The lowest BCUT2D eigenvalue weighted by molar-refractivity contribution is -0.143. The van der Waals surface area contributed by atoms with Crippen LogP contribution in [0.4, 0.5) is 0 Å². The Morgan fingerprint density at radius 3 is 0.826 bits per heavy atom. The third kappa shape index (κ3) is 71.4. The molecule has 0 aliphatic rings. The molecule has 0 radical (unpaired) electrons. The van der Waals surface area contributed by atoms with E-state index >= 15 is 0 Å². The number of esters is 1. The molecule has 0 saturated carbocycles. The summed E-state index contributed by atoms with van der Waals surface area (Å²) in [6.07, 6.45) is 97.3. The van der Waals surface area contributed by atoms with Crippen LogP contribution in [0, 0.1) is 0 Å². The smallest absolute Gasteiger partial charge is 0.305 e. The molecule has 0 bridgehead atoms. The Morgan fingerprint density at radius 1 is 0.314 bits per heavy atom. The Kier molecular flexibility index (Phi) is 74.3. The molecule has 0 fully saturated rings. The zero-order chi connectivity index (χ0) is 62.0. The second-order valence-electron chi connectivity index (χ2n) is 27.4. The maximum absolute atomic E-state index is 12.5. The normalized spacial score (nSPS) is 12.6. The molecule has 3 N–H and O–H groups in total. The van der Waals surface area contributed by atoms with E-state index in [1.807, 2.05) is 6.08 Å². The highest BCUT2D eigenvalue weighted by Gasteiger charge is 2.18. The average Bonchev–Trinajstić information content (AvgIpc) is 3.54. The molecular formula is C80H155NO5. The van der Waals surface area contributed by atoms with Gasteiger partial charge in [0.2, 0.25) is 5.91 Å². The number of aliphatic hydroxyl groups excluding tert-OH is 2. The first kappa shape index (κ1) is 84.3. The number of hydrogen-bond donors (Lipinski definition) is 3. The lowest BCUT2D eigenvalue weighted by Crippen LogP contribution is -2.45. The fraction of sp³-hybridized carbons (Fsp3) is 0.925. The molecule has 0 aliphatic heterocycles. The minimum atomic E-state index is -0.842. The highest BCUT2D eigenvalue weighted by atomic mass is 16.5. The number of amides is 1. The number of hydrogen-bond acceptors (Lipinski definition) is 5. The zero-order valence-electron chi connectivity index (χ0n) is 58.6. The van der Waals surface area contributed by atoms with Crippen LogP contribution in [0.2, 0.25) is 0 Å². The van der Waals surface area contributed by atoms with Crippen LogP contribution < -0.4 is 5.32 Å². The molecule has 0 aromatic carbocycles. The summed E-state index contributed by atoms with van der Waals surface area (Å²) in [6, 6.07) is -0.625. The molecule has 0 heterocycles. The Labute approximate surface area is 539 Å². The summed E-state index contributed by atoms with van der Waals surface area (Å²) in [7, 11) is 0. The van der Waals surface area contributed by atoms with Gasteiger partial charge in [0, 0.05) is 12.8 Å². The van der Waals surface area contributed by atoms with Crippen molar-refractivity contribution in [2.24, 2.45) is 0 Å². The van der Waals surface area contributed by atoms with E-state index < -0.39 is 12.1 Å². The van der Waals surface area contributed by atoms with Crippen LogP contribution in [0.3, 0.4) is 0 Å². The van der Waals surface area contributed by atoms with E-state index in [1.54, 1.807) is 6.08 Å². The van der Waals surface area contributed by atoms with Crippen LogP contribution in [0.25, 0.3) is 0 Å². The van der Waals surface area contributed by atoms with Crippen LogP contribution in [-0.4, -0.2) is 47.4 Å². The molecular weight excluding hydrogens is 1050 g/mol. The van der Waals surface area contributed by atoms with Gasteiger partial charge >= 0.3 is 5.97 Å². The fourth-order valence-electron chi connectivity index (χ4n) is 12.7. The van der Waals surface area contributed by atoms with Gasteiger partial charge in [-0.05, 0) is 57.8 Å². The quantitative estimate of drug-likeness (QED) is 0.0320. The van der Waals surface area contributed by atoms with Crippen LogP contribution in [0.15, 0.2) is 24.3 Å². The standard InChI is InChI=1S/C80H155NO5/c1-3-5-7-9-11-13-15-17-19-21-37-42-46-50-54-58-62-66-70-74-80(85)86-75-71-67-63-59-55-51-47-43-39-36-34-32-30-28-26-24-23-25-27-29-31-33-35-38-41-45-49-53-57-61-65-69-73-79(84)81-77(76-82)78(83)72-68-64-60-56-52-48-44-40-22-20-18-16-14-12-10-8-6-4-2/h17,19,68,72,77-78,82-83H,3-16,18,20-67,69-71,73-76H2,1-2H3,(H,81,84)/b19-17-,72-68+. The monoisotopic (exact) mass is 1210 g/mol. The van der Waals surface area contributed by atoms with Crippen molar-refractivity contribution in [2.75, 3.05) is 13.2 Å². The SMILES string of the molecule is CCCCCCCC/C=C\CCCCCCCCCCCC(=O)OCCCCCCCCCCCCCCCCCCCCCCCCCCCCCCCCCCC(=O)NC(CO)C(O)/C=C/CCCCCCCCCCCCCCCCCC. The van der Waals surface area contributed by atoms with Crippen molar-refractivity contribution in [3.63, 3.8) is 0 Å². The van der Waals surface area contributed by atoms with E-state index in [9.17, 15) is 19.8 Å². The first-order valence-corrected chi connectivity index (χ1v) is 39.6. The first-order valence-electron chi connectivity index (χ1n) is 39.6. The molecule has 2 atom stereocenters. The van der Waals surface area contributed by atoms with Crippen LogP contribution in [0.1, 0.15) is 450 Å². The fourth-order valence-corrected chi connectivity index (χ4v) is 12.7. The molecule has 6 nitrogen and oxygen atoms in total. The Morgan fingerprint density at radius 2 is 0.547 bits per heavy atom. The summed E-state index contributed by atoms with van der Waals surface area (Å²) >= 11 is 0. The van der Waals surface area contributed by atoms with Gasteiger partial charge in [0.25, 0.3) is 0 Å². The number of rotatable bonds is 75. The maximum Gasteiger partial charge on any atom is 0.305 e. The minimum absolute atomic E-state index is 0.0215. The highest BCUT2D eigenvalue weighted by molar-refractivity contribution is 5.76. The molecule has 0 saturated heterocycles. The number of nitrogens with one attached hydrogen (secondary N) is 1. The van der Waals surface area contributed by atoms with Crippen molar-refractivity contribution in [2.45, 2.75) is 463 Å².